The van der Waals surface area contributed by atoms with Crippen LogP contribution in [0.25, 0.3) is 0 Å². The molecule has 26 heavy (non-hydrogen) atoms. The Kier molecular flexibility index (Phi) is 9.24. The Labute approximate surface area is 168 Å². The molecule has 1 aromatic rings. The quantitative estimate of drug-likeness (QED) is 0.592. The molecule has 0 saturated carbocycles. The summed E-state index contributed by atoms with van der Waals surface area (Å²) >= 11 is 12.1. The highest BCUT2D eigenvalue weighted by molar-refractivity contribution is 6.42. The van der Waals surface area contributed by atoms with Gasteiger partial charge in [0.2, 0.25) is 5.91 Å². The highest BCUT2D eigenvalue weighted by Gasteiger charge is 2.25. The van der Waals surface area contributed by atoms with Gasteiger partial charge in [-0.3, -0.25) is 9.69 Å². The molecule has 0 aromatic heterocycles. The van der Waals surface area contributed by atoms with Crippen molar-refractivity contribution in [2.45, 2.75) is 58.9 Å². The summed E-state index contributed by atoms with van der Waals surface area (Å²) in [6.45, 7) is 8.03. The molecule has 0 radical (unpaired) electrons. The molecule has 1 aromatic carbocycles. The molecule has 146 valence electrons. The Morgan fingerprint density at radius 2 is 1.96 bits per heavy atom. The van der Waals surface area contributed by atoms with Gasteiger partial charge in [0, 0.05) is 19.0 Å². The minimum atomic E-state index is 0.156. The molecule has 5 heteroatoms. The van der Waals surface area contributed by atoms with Crippen LogP contribution in [-0.4, -0.2) is 30.4 Å². The largest absolute Gasteiger partial charge is 0.356 e. The van der Waals surface area contributed by atoms with E-state index in [1.165, 1.54) is 24.8 Å². The van der Waals surface area contributed by atoms with Gasteiger partial charge in [-0.05, 0) is 56.0 Å². The number of piperidine rings is 1. The summed E-state index contributed by atoms with van der Waals surface area (Å²) in [7, 11) is 0. The molecule has 0 aliphatic carbocycles. The fraction of sp³-hybridized carbons (Fsp3) is 0.667. The van der Waals surface area contributed by atoms with Gasteiger partial charge in [0.25, 0.3) is 0 Å². The predicted octanol–water partition coefficient (Wildman–Crippen LogP) is 5.54. The number of carbonyl (C=O) groups is 1. The average molecular weight is 399 g/mol. The van der Waals surface area contributed by atoms with E-state index in [1.807, 2.05) is 18.2 Å². The maximum Gasteiger partial charge on any atom is 0.223 e. The third-order valence-electron chi connectivity index (χ3n) is 5.46. The summed E-state index contributed by atoms with van der Waals surface area (Å²) in [4.78, 5) is 14.9. The number of likely N-dealkylation sites (tertiary alicyclic amines) is 1. The van der Waals surface area contributed by atoms with E-state index < -0.39 is 0 Å². The highest BCUT2D eigenvalue weighted by Crippen LogP contribution is 2.25. The van der Waals surface area contributed by atoms with E-state index >= 15 is 0 Å². The summed E-state index contributed by atoms with van der Waals surface area (Å²) < 4.78 is 0. The molecule has 2 rings (SSSR count). The van der Waals surface area contributed by atoms with Crippen molar-refractivity contribution in [3.8, 4) is 0 Å². The molecular weight excluding hydrogens is 367 g/mol. The van der Waals surface area contributed by atoms with Crippen LogP contribution in [0.1, 0.15) is 57.9 Å². The number of unbranched alkanes of at least 4 members (excludes halogenated alkanes) is 1. The van der Waals surface area contributed by atoms with Crippen LogP contribution >= 0.6 is 23.2 Å². The smallest absolute Gasteiger partial charge is 0.223 e. The van der Waals surface area contributed by atoms with Crippen LogP contribution in [0.15, 0.2) is 18.2 Å². The topological polar surface area (TPSA) is 32.3 Å². The fourth-order valence-corrected chi connectivity index (χ4v) is 3.90. The molecule has 1 unspecified atom stereocenters. The zero-order valence-electron chi connectivity index (χ0n) is 16.1. The third kappa shape index (κ3) is 6.75. The molecule has 1 atom stereocenters. The maximum absolute atomic E-state index is 12.5. The number of carbonyl (C=O) groups excluding carboxylic acids is 1. The van der Waals surface area contributed by atoms with Crippen LogP contribution in [-0.2, 0) is 11.3 Å². The zero-order valence-corrected chi connectivity index (χ0v) is 17.6. The molecule has 1 amide bonds. The van der Waals surface area contributed by atoms with Crippen molar-refractivity contribution in [3.05, 3.63) is 33.8 Å². The Bertz CT molecular complexity index is 571. The van der Waals surface area contributed by atoms with Gasteiger partial charge in [-0.15, -0.1) is 0 Å². The molecule has 1 saturated heterocycles. The van der Waals surface area contributed by atoms with E-state index in [2.05, 4.69) is 24.1 Å². The Morgan fingerprint density at radius 3 is 2.58 bits per heavy atom. The second kappa shape index (κ2) is 11.2. The number of nitrogens with zero attached hydrogens (tertiary/aromatic N) is 1. The van der Waals surface area contributed by atoms with E-state index in [-0.39, 0.29) is 11.8 Å². The van der Waals surface area contributed by atoms with Crippen molar-refractivity contribution in [2.24, 2.45) is 11.8 Å². The first-order chi connectivity index (χ1) is 12.5. The summed E-state index contributed by atoms with van der Waals surface area (Å²) in [6.07, 6.45) is 6.69. The molecule has 0 spiro atoms. The first-order valence-corrected chi connectivity index (χ1v) is 10.7. The molecule has 1 aliphatic heterocycles. The predicted molar refractivity (Wildman–Crippen MR) is 111 cm³/mol. The van der Waals surface area contributed by atoms with Gasteiger partial charge in [-0.2, -0.15) is 0 Å². The van der Waals surface area contributed by atoms with Gasteiger partial charge in [-0.1, -0.05) is 62.4 Å². The van der Waals surface area contributed by atoms with Crippen molar-refractivity contribution in [2.75, 3.05) is 19.6 Å². The van der Waals surface area contributed by atoms with Crippen molar-refractivity contribution in [1.82, 2.24) is 10.2 Å². The number of hydrogen-bond acceptors (Lipinski definition) is 2. The Hall–Kier alpha value is -0.770. The fourth-order valence-electron chi connectivity index (χ4n) is 3.58. The number of benzene rings is 1. The number of hydrogen-bond donors (Lipinski definition) is 1. The lowest BCUT2D eigenvalue weighted by molar-refractivity contribution is -0.126. The maximum atomic E-state index is 12.5. The van der Waals surface area contributed by atoms with E-state index in [0.717, 1.165) is 45.4 Å². The van der Waals surface area contributed by atoms with E-state index in [1.54, 1.807) is 0 Å². The monoisotopic (exact) mass is 398 g/mol. The van der Waals surface area contributed by atoms with Crippen molar-refractivity contribution in [3.63, 3.8) is 0 Å². The number of rotatable bonds is 9. The minimum Gasteiger partial charge on any atom is -0.356 e. The van der Waals surface area contributed by atoms with Gasteiger partial charge in [0.05, 0.1) is 10.0 Å². The van der Waals surface area contributed by atoms with Crippen LogP contribution in [0.3, 0.4) is 0 Å². The number of nitrogens with one attached hydrogen (secondary N) is 1. The normalized spacial score (nSPS) is 17.2. The summed E-state index contributed by atoms with van der Waals surface area (Å²) in [5.74, 6) is 1.02. The second-order valence-corrected chi connectivity index (χ2v) is 8.27. The van der Waals surface area contributed by atoms with Crippen molar-refractivity contribution >= 4 is 29.1 Å². The highest BCUT2D eigenvalue weighted by atomic mass is 35.5. The lowest BCUT2D eigenvalue weighted by Gasteiger charge is -2.31. The van der Waals surface area contributed by atoms with Gasteiger partial charge in [0.15, 0.2) is 0 Å². The molecular formula is C21H32Cl2N2O. The molecule has 0 bridgehead atoms. The molecule has 1 fully saturated rings. The summed E-state index contributed by atoms with van der Waals surface area (Å²) in [5.41, 5.74) is 1.17. The average Bonchev–Trinajstić information content (AvgIpc) is 2.65. The number of amides is 1. The SMILES string of the molecule is CCCCC(CC)CNC(=O)C1CCN(Cc2ccc(Cl)c(Cl)c2)CC1. The van der Waals surface area contributed by atoms with Crippen LogP contribution in [0.4, 0.5) is 0 Å². The lowest BCUT2D eigenvalue weighted by atomic mass is 9.94. The Balaban J connectivity index is 1.73. The zero-order chi connectivity index (χ0) is 18.9. The molecule has 1 heterocycles. The van der Waals surface area contributed by atoms with Gasteiger partial charge in [-0.25, -0.2) is 0 Å². The molecule has 1 N–H and O–H groups in total. The molecule has 3 nitrogen and oxygen atoms in total. The second-order valence-electron chi connectivity index (χ2n) is 7.46. The van der Waals surface area contributed by atoms with Crippen molar-refractivity contribution in [1.29, 1.82) is 0 Å². The van der Waals surface area contributed by atoms with E-state index in [9.17, 15) is 4.79 Å². The standard InChI is InChI=1S/C21H32Cl2N2O/c1-3-5-6-16(4-2)14-24-21(26)18-9-11-25(12-10-18)15-17-7-8-19(22)20(23)13-17/h7-8,13,16,18H,3-6,9-12,14-15H2,1-2H3,(H,24,26). The first kappa shape index (κ1) is 21.5. The van der Waals surface area contributed by atoms with Gasteiger partial charge < -0.3 is 5.32 Å². The minimum absolute atomic E-state index is 0.156. The molecule has 1 aliphatic rings. The lowest BCUT2D eigenvalue weighted by Crippen LogP contribution is -2.41. The van der Waals surface area contributed by atoms with E-state index in [4.69, 9.17) is 23.2 Å². The van der Waals surface area contributed by atoms with E-state index in [0.29, 0.717) is 16.0 Å². The Morgan fingerprint density at radius 1 is 1.23 bits per heavy atom. The van der Waals surface area contributed by atoms with Crippen LogP contribution in [0.5, 0.6) is 0 Å². The van der Waals surface area contributed by atoms with Crippen LogP contribution in [0, 0.1) is 11.8 Å². The summed E-state index contributed by atoms with van der Waals surface area (Å²) in [5, 5.41) is 4.40. The van der Waals surface area contributed by atoms with Crippen LogP contribution in [0.2, 0.25) is 10.0 Å². The summed E-state index contributed by atoms with van der Waals surface area (Å²) in [6, 6.07) is 5.81. The van der Waals surface area contributed by atoms with Crippen LogP contribution < -0.4 is 5.32 Å². The van der Waals surface area contributed by atoms with Gasteiger partial charge in [0.1, 0.15) is 0 Å². The van der Waals surface area contributed by atoms with Gasteiger partial charge >= 0.3 is 0 Å². The number of halogens is 2. The van der Waals surface area contributed by atoms with Crippen molar-refractivity contribution < 1.29 is 4.79 Å². The third-order valence-corrected chi connectivity index (χ3v) is 6.20. The first-order valence-electron chi connectivity index (χ1n) is 9.97.